The van der Waals surface area contributed by atoms with Crippen LogP contribution in [0, 0.1) is 0 Å². The maximum absolute atomic E-state index is 12.4. The number of aliphatic hydroxyl groups excluding tert-OH is 1. The zero-order chi connectivity index (χ0) is 12.5. The molecular formula is C8H5BrF5NO. The Morgan fingerprint density at radius 3 is 2.31 bits per heavy atom. The quantitative estimate of drug-likeness (QED) is 0.851. The second kappa shape index (κ2) is 4.62. The Kier molecular flexibility index (Phi) is 3.84. The van der Waals surface area contributed by atoms with Crippen molar-refractivity contribution >= 4 is 15.9 Å². The van der Waals surface area contributed by atoms with Crippen molar-refractivity contribution in [3.05, 3.63) is 27.5 Å². The Labute approximate surface area is 95.2 Å². The van der Waals surface area contributed by atoms with E-state index in [1.54, 1.807) is 0 Å². The highest BCUT2D eigenvalue weighted by molar-refractivity contribution is 9.10. The lowest BCUT2D eigenvalue weighted by Gasteiger charge is -2.14. The summed E-state index contributed by atoms with van der Waals surface area (Å²) in [6.45, 7) is -0.759. The lowest BCUT2D eigenvalue weighted by atomic mass is 10.1. The van der Waals surface area contributed by atoms with Crippen molar-refractivity contribution in [1.82, 2.24) is 4.98 Å². The molecule has 1 aromatic rings. The number of aliphatic hydroxyl groups is 1. The van der Waals surface area contributed by atoms with Gasteiger partial charge < -0.3 is 5.11 Å². The summed E-state index contributed by atoms with van der Waals surface area (Å²) >= 11 is 2.60. The molecule has 2 nitrogen and oxygen atoms in total. The van der Waals surface area contributed by atoms with Crippen LogP contribution in [0.25, 0.3) is 0 Å². The van der Waals surface area contributed by atoms with Crippen LogP contribution in [0.2, 0.25) is 0 Å². The molecule has 0 radical (unpaired) electrons. The fraction of sp³-hybridized carbons (Fsp3) is 0.375. The Morgan fingerprint density at radius 2 is 1.94 bits per heavy atom. The summed E-state index contributed by atoms with van der Waals surface area (Å²) in [6.07, 6.45) is -8.29. The van der Waals surface area contributed by atoms with Gasteiger partial charge in [0.25, 0.3) is 6.43 Å². The number of aromatic nitrogens is 1. The SMILES string of the molecule is OCc1cc(Br)c(C(F)F)c(C(F)(F)F)n1. The van der Waals surface area contributed by atoms with Gasteiger partial charge in [0.15, 0.2) is 5.69 Å². The molecule has 16 heavy (non-hydrogen) atoms. The third kappa shape index (κ3) is 2.67. The fourth-order valence-corrected chi connectivity index (χ4v) is 1.70. The van der Waals surface area contributed by atoms with Crippen molar-refractivity contribution in [3.63, 3.8) is 0 Å². The number of hydrogen-bond donors (Lipinski definition) is 1. The van der Waals surface area contributed by atoms with E-state index in [9.17, 15) is 22.0 Å². The van der Waals surface area contributed by atoms with Gasteiger partial charge in [-0.05, 0) is 6.07 Å². The average molecular weight is 306 g/mol. The maximum atomic E-state index is 12.4. The first-order chi connectivity index (χ1) is 7.27. The van der Waals surface area contributed by atoms with Crippen molar-refractivity contribution < 1.29 is 27.1 Å². The molecule has 0 saturated carbocycles. The van der Waals surface area contributed by atoms with Crippen LogP contribution in [0.3, 0.4) is 0 Å². The minimum Gasteiger partial charge on any atom is -0.390 e. The van der Waals surface area contributed by atoms with Crippen molar-refractivity contribution in [3.8, 4) is 0 Å². The van der Waals surface area contributed by atoms with E-state index >= 15 is 0 Å². The van der Waals surface area contributed by atoms with Crippen LogP contribution in [0.5, 0.6) is 0 Å². The van der Waals surface area contributed by atoms with Crippen LogP contribution in [0.15, 0.2) is 10.5 Å². The van der Waals surface area contributed by atoms with E-state index in [4.69, 9.17) is 5.11 Å². The predicted molar refractivity (Wildman–Crippen MR) is 47.8 cm³/mol. The van der Waals surface area contributed by atoms with Crippen LogP contribution in [-0.2, 0) is 12.8 Å². The van der Waals surface area contributed by atoms with E-state index < -0.39 is 34.9 Å². The van der Waals surface area contributed by atoms with E-state index in [-0.39, 0.29) is 5.69 Å². The lowest BCUT2D eigenvalue weighted by Crippen LogP contribution is -2.14. The molecule has 0 aliphatic carbocycles. The van der Waals surface area contributed by atoms with Gasteiger partial charge in [0.2, 0.25) is 0 Å². The second-order valence-corrected chi connectivity index (χ2v) is 3.67. The molecule has 0 amide bonds. The molecule has 0 atom stereocenters. The van der Waals surface area contributed by atoms with Gasteiger partial charge in [-0.3, -0.25) is 0 Å². The Bertz CT molecular complexity index is 393. The molecular weight excluding hydrogens is 301 g/mol. The lowest BCUT2D eigenvalue weighted by molar-refractivity contribution is -0.143. The monoisotopic (exact) mass is 305 g/mol. The Hall–Kier alpha value is -0.760. The molecule has 1 heterocycles. The smallest absolute Gasteiger partial charge is 0.390 e. The van der Waals surface area contributed by atoms with Gasteiger partial charge in [-0.15, -0.1) is 0 Å². The van der Waals surface area contributed by atoms with Gasteiger partial charge in [-0.1, -0.05) is 15.9 Å². The van der Waals surface area contributed by atoms with Gasteiger partial charge in [-0.2, -0.15) is 13.2 Å². The second-order valence-electron chi connectivity index (χ2n) is 2.81. The molecule has 0 unspecified atom stereocenters. The first-order valence-electron chi connectivity index (χ1n) is 3.93. The van der Waals surface area contributed by atoms with Gasteiger partial charge in [0.05, 0.1) is 17.9 Å². The maximum Gasteiger partial charge on any atom is 0.433 e. The van der Waals surface area contributed by atoms with Gasteiger partial charge >= 0.3 is 6.18 Å². The van der Waals surface area contributed by atoms with E-state index in [1.165, 1.54) is 0 Å². The predicted octanol–water partition coefficient (Wildman–Crippen LogP) is 3.29. The molecule has 0 bridgehead atoms. The van der Waals surface area contributed by atoms with Crippen molar-refractivity contribution in [1.29, 1.82) is 0 Å². The summed E-state index contributed by atoms with van der Waals surface area (Å²) < 4.78 is 61.6. The number of alkyl halides is 5. The number of hydrogen-bond acceptors (Lipinski definition) is 2. The summed E-state index contributed by atoms with van der Waals surface area (Å²) in [6, 6.07) is 0.927. The number of rotatable bonds is 2. The minimum atomic E-state index is -4.99. The number of pyridine rings is 1. The van der Waals surface area contributed by atoms with E-state index in [0.29, 0.717) is 0 Å². The molecule has 1 aromatic heterocycles. The van der Waals surface area contributed by atoms with E-state index in [1.807, 2.05) is 0 Å². The molecule has 0 aliphatic rings. The largest absolute Gasteiger partial charge is 0.433 e. The number of nitrogens with zero attached hydrogens (tertiary/aromatic N) is 1. The van der Waals surface area contributed by atoms with Crippen LogP contribution in [-0.4, -0.2) is 10.1 Å². The highest BCUT2D eigenvalue weighted by atomic mass is 79.9. The first kappa shape index (κ1) is 13.3. The van der Waals surface area contributed by atoms with Gasteiger partial charge in [-0.25, -0.2) is 13.8 Å². The minimum absolute atomic E-state index is 0.330. The molecule has 0 saturated heterocycles. The van der Waals surface area contributed by atoms with Crippen molar-refractivity contribution in [2.24, 2.45) is 0 Å². The third-order valence-electron chi connectivity index (χ3n) is 1.71. The standard InChI is InChI=1S/C8H5BrF5NO/c9-4-1-3(2-16)15-6(8(12,13)14)5(4)7(10)11/h1,7,16H,2H2. The topological polar surface area (TPSA) is 33.1 Å². The fourth-order valence-electron chi connectivity index (χ4n) is 1.08. The zero-order valence-corrected chi connectivity index (χ0v) is 9.11. The van der Waals surface area contributed by atoms with E-state index in [2.05, 4.69) is 20.9 Å². The summed E-state index contributed by atoms with van der Waals surface area (Å²) in [4.78, 5) is 2.96. The van der Waals surface area contributed by atoms with E-state index in [0.717, 1.165) is 6.07 Å². The molecule has 0 spiro atoms. The summed E-state index contributed by atoms with van der Waals surface area (Å²) in [5.41, 5.74) is -3.23. The molecule has 0 fully saturated rings. The zero-order valence-electron chi connectivity index (χ0n) is 7.52. The molecule has 8 heteroatoms. The first-order valence-corrected chi connectivity index (χ1v) is 4.72. The highest BCUT2D eigenvalue weighted by Gasteiger charge is 2.39. The third-order valence-corrected chi connectivity index (χ3v) is 2.37. The van der Waals surface area contributed by atoms with Gasteiger partial charge in [0, 0.05) is 4.47 Å². The van der Waals surface area contributed by atoms with Crippen LogP contribution in [0.4, 0.5) is 22.0 Å². The van der Waals surface area contributed by atoms with Crippen LogP contribution in [0.1, 0.15) is 23.4 Å². The normalized spacial score (nSPS) is 12.2. The van der Waals surface area contributed by atoms with Crippen LogP contribution >= 0.6 is 15.9 Å². The summed E-state index contributed by atoms with van der Waals surface area (Å²) in [5.74, 6) is 0. The summed E-state index contributed by atoms with van der Waals surface area (Å²) in [5, 5.41) is 8.64. The molecule has 1 rings (SSSR count). The highest BCUT2D eigenvalue weighted by Crippen LogP contribution is 2.39. The Morgan fingerprint density at radius 1 is 1.38 bits per heavy atom. The molecule has 0 aromatic carbocycles. The van der Waals surface area contributed by atoms with Gasteiger partial charge in [0.1, 0.15) is 0 Å². The number of halogens is 6. The van der Waals surface area contributed by atoms with Crippen molar-refractivity contribution in [2.45, 2.75) is 19.2 Å². The molecule has 1 N–H and O–H groups in total. The van der Waals surface area contributed by atoms with Crippen molar-refractivity contribution in [2.75, 3.05) is 0 Å². The molecule has 0 aliphatic heterocycles. The summed E-state index contributed by atoms with van der Waals surface area (Å²) in [7, 11) is 0. The Balaban J connectivity index is 3.47. The average Bonchev–Trinajstić information content (AvgIpc) is 2.14. The van der Waals surface area contributed by atoms with Crippen LogP contribution < -0.4 is 0 Å². The molecule has 90 valence electrons.